The van der Waals surface area contributed by atoms with E-state index in [2.05, 4.69) is 284 Å². The number of halogens is 12. The molecule has 0 aromatic carbocycles. The van der Waals surface area contributed by atoms with Gasteiger partial charge in [-0.05, 0) is 96.7 Å². The Balaban J connectivity index is -0.000000385. The summed E-state index contributed by atoms with van der Waals surface area (Å²) in [7, 11) is 8.59. The average molecular weight is 2250 g/mol. The van der Waals surface area contributed by atoms with Crippen LogP contribution in [0.2, 0.25) is 10.3 Å². The van der Waals surface area contributed by atoms with Gasteiger partial charge in [-0.2, -0.15) is 55.7 Å². The molecule has 0 saturated heterocycles. The van der Waals surface area contributed by atoms with Gasteiger partial charge in [0.05, 0.1) is 60.6 Å². The van der Waals surface area contributed by atoms with Crippen molar-refractivity contribution in [1.82, 2.24) is 79.7 Å². The first kappa shape index (κ1) is 117. The predicted molar refractivity (Wildman–Crippen MR) is 501 cm³/mol. The number of aromatic amines is 8. The van der Waals surface area contributed by atoms with E-state index in [0.717, 1.165) is 114 Å². The second-order valence-electron chi connectivity index (χ2n) is 22.0. The zero-order chi connectivity index (χ0) is 84.1. The van der Waals surface area contributed by atoms with Crippen molar-refractivity contribution >= 4 is 290 Å². The summed E-state index contributed by atoms with van der Waals surface area (Å²) in [5.41, 5.74) is 24.0. The van der Waals surface area contributed by atoms with E-state index < -0.39 is 5.20 Å². The third-order valence-electron chi connectivity index (χ3n) is 11.9. The molecule has 0 atom stereocenters. The summed E-state index contributed by atoms with van der Waals surface area (Å²) >= 11 is 40.2. The Labute approximate surface area is 751 Å². The van der Waals surface area contributed by atoms with Crippen LogP contribution >= 0.6 is 169 Å². The number of carbonyl (C=O) groups excluding carboxylic acids is 2. The molecule has 19 N–H and O–H groups in total. The monoisotopic (exact) mass is 2250 g/mol. The van der Waals surface area contributed by atoms with Gasteiger partial charge in [0.25, 0.3) is 11.1 Å². The molecule has 0 spiro atoms. The fraction of sp³-hybridized carbons (Fsp3) is 0.431. The molecule has 48 heteroatoms. The zero-order valence-electron chi connectivity index (χ0n) is 64.5. The number of fused-ring (bicyclic) bond motifs is 5. The van der Waals surface area contributed by atoms with Gasteiger partial charge in [-0.1, -0.05) is 107 Å². The van der Waals surface area contributed by atoms with Crippen LogP contribution < -0.4 is 77.5 Å². The van der Waals surface area contributed by atoms with Crippen molar-refractivity contribution in [3.05, 3.63) is 104 Å². The van der Waals surface area contributed by atoms with Crippen LogP contribution in [0, 0.1) is 5.92 Å². The second-order valence-corrected chi connectivity index (χ2v) is 68.0. The van der Waals surface area contributed by atoms with Crippen molar-refractivity contribution in [2.75, 3.05) is 117 Å². The molecule has 113 heavy (non-hydrogen) atoms. The Hall–Kier alpha value is -4.75. The zero-order valence-corrected chi connectivity index (χ0v) is 81.6. The number of ether oxygens (including phenoxy) is 1. The number of aldehydes is 2. The normalized spacial score (nSPS) is 9.88. The van der Waals surface area contributed by atoms with E-state index >= 15 is 0 Å². The molecule has 0 saturated carbocycles. The molecule has 11 heterocycles. The standard InChI is InChI=1S/2C11H17N5O.C9H11ClN4.C6H5ClN4.C6H6N4O.C5H11I.C4H6N4O.C4H9.C3H8O.C3H6O.C2H3ClO.CH4.Cl3OP.2ClH.3HI.V/c2*1-4-6-13-11-14-9-8(5-7-12-9)10(15-11)16(2)17-3;1-2-4-12-9-13-7(10)6-3-5-11-8(6)14-9;7-4-3-1-2-9-5(3)11-6(8)10-4;7-6-9-4-3(1-2-8-4)5(11)10-6;1-4-5(2,3)6;5-2-1-3(9)8-4(6)7-2;1-4(2)3;1-3-4-2;1-2-3-4;3-1-2-4;;1-5(2,3)4;;;;;;/h2*5,7H,4,6H2,1-3H3,(H2,12,13,14,15);3,5H,2,4H2,1H3,(H2,11,12,13,14);1-2H,(H3,8,9,10,11);1-2H,(H4,7,8,9,10,11);4H2,1-3H3;1H,(H5,5,6,7,8,9);1-3H3;3H2,1-2H3;3H,2H2,1H3;2H,1H2;1H4;;5*1H;/q;;;;;;;-1;;;;;;;;;;;+3/p-3. The average Bonchev–Trinajstić information content (AvgIpc) is 1.72. The molecule has 0 aliphatic rings. The maximum absolute atomic E-state index is 11.1. The number of nitrogens with one attached hydrogen (secondary N) is 11. The number of alkyl halides is 2. The minimum absolute atomic E-state index is 0. The van der Waals surface area contributed by atoms with Crippen LogP contribution in [-0.4, -0.2) is 163 Å². The maximum atomic E-state index is 11.1. The fourth-order valence-electron chi connectivity index (χ4n) is 6.80. The summed E-state index contributed by atoms with van der Waals surface area (Å²) in [5.74, 6) is 5.56. The van der Waals surface area contributed by atoms with E-state index in [0.29, 0.717) is 55.0 Å². The molecule has 0 radical (unpaired) electrons. The quantitative estimate of drug-likeness (QED) is 0.00766. The van der Waals surface area contributed by atoms with E-state index in [1.165, 1.54) is 12.3 Å². The first-order valence-corrected chi connectivity index (χ1v) is 53.2. The molecule has 11 aromatic heterocycles. The number of hydroxylamine groups is 2. The predicted octanol–water partition coefficient (Wildman–Crippen LogP) is 14.8. The van der Waals surface area contributed by atoms with Gasteiger partial charge in [-0.15, -0.1) is 24.0 Å². The Morgan fingerprint density at radius 3 is 1.37 bits per heavy atom. The van der Waals surface area contributed by atoms with Crippen molar-refractivity contribution in [3.63, 3.8) is 0 Å². The minimum atomic E-state index is -3.22. The molecule has 0 aliphatic heterocycles. The molecule has 11 rings (SSSR count). The number of rotatable bonds is 17. The number of nitrogens with zero attached hydrogens (tertiary/aromatic N) is 11. The third kappa shape index (κ3) is 54.8. The van der Waals surface area contributed by atoms with Gasteiger partial charge in [0.2, 0.25) is 41.2 Å². The number of carbonyl (C=O) groups is 2. The summed E-state index contributed by atoms with van der Waals surface area (Å²) < 4.78 is 14.6. The third-order valence-corrected chi connectivity index (χ3v) is 13.4. The summed E-state index contributed by atoms with van der Waals surface area (Å²) in [6, 6.07) is 10.4. The van der Waals surface area contributed by atoms with Crippen LogP contribution in [0.3, 0.4) is 0 Å². The van der Waals surface area contributed by atoms with Crippen LogP contribution in [0.4, 0.5) is 53.1 Å². The Morgan fingerprint density at radius 1 is 0.619 bits per heavy atom. The number of hydrogen-bond donors (Lipinski definition) is 14. The van der Waals surface area contributed by atoms with Crippen LogP contribution in [0.25, 0.3) is 55.2 Å². The van der Waals surface area contributed by atoms with Crippen LogP contribution in [0.15, 0.2) is 77.0 Å². The van der Waals surface area contributed by atoms with Crippen molar-refractivity contribution in [2.45, 2.75) is 119 Å². The molecule has 0 amide bonds. The Kier molecular flexibility index (Phi) is 69.4. The van der Waals surface area contributed by atoms with E-state index in [-0.39, 0.29) is 77.8 Å². The summed E-state index contributed by atoms with van der Waals surface area (Å²) in [6.07, 6.45) is 15.4. The molecular weight excluding hydrogens is 2150 g/mol. The number of nitrogen functional groups attached to an aromatic ring is 4. The van der Waals surface area contributed by atoms with E-state index in [4.69, 9.17) is 72.2 Å². The molecule has 0 aliphatic carbocycles. The van der Waals surface area contributed by atoms with Gasteiger partial charge in [0.1, 0.15) is 51.3 Å². The SMILES string of the molecule is C.CCC(C)(C)I.CCC=O.CCCNc1nc(Cl)c2cc[nH]c2n1.CCCNc1nc(N(C)OC)c2cc[nH]c2n1.CCCNc1nc2[nH]ccc2c(N(C)OC)[nH+]1.CCOC.C[C-](C)C.Cl.Nc1cc(=O)[nH]c(N)n1.Nc1nc(Cl)c2cc[nH]c2n1.Nc1nc2[nH]ccc2c(=O)[nH]1.O=CCCl.O=P(Cl)(Cl)Cl.[Cl-].[I][V]([I])[I]. The van der Waals surface area contributed by atoms with Crippen molar-refractivity contribution in [1.29, 1.82) is 0 Å². The molecule has 34 nitrogen and oxygen atoms in total. The van der Waals surface area contributed by atoms with E-state index in [9.17, 15) is 18.9 Å². The Bertz CT molecular complexity index is 4340. The topological polar surface area (TPSA) is 500 Å². The molecule has 11 aromatic rings. The van der Waals surface area contributed by atoms with Gasteiger partial charge in [0.15, 0.2) is 5.82 Å². The Morgan fingerprint density at radius 2 is 0.982 bits per heavy atom. The van der Waals surface area contributed by atoms with Crippen molar-refractivity contribution < 1.29 is 50.9 Å². The molecule has 0 unspecified atom stereocenters. The summed E-state index contributed by atoms with van der Waals surface area (Å²) in [6.45, 7) is 26.4. The number of methoxy groups -OCH3 is 1. The van der Waals surface area contributed by atoms with Crippen LogP contribution in [-0.2, 0) is 33.5 Å². The summed E-state index contributed by atoms with van der Waals surface area (Å²) in [4.78, 5) is 109. The van der Waals surface area contributed by atoms with Gasteiger partial charge >= 0.3 is 76.0 Å². The number of H-pyrrole nitrogens is 8. The molecular formula is C65H105Cl8I4N26O8PV-. The van der Waals surface area contributed by atoms with Gasteiger partial charge in [-0.25, -0.2) is 24.9 Å². The van der Waals surface area contributed by atoms with E-state index in [1.807, 2.05) is 58.5 Å². The molecule has 0 fully saturated rings. The van der Waals surface area contributed by atoms with Gasteiger partial charge in [0, 0.05) is 80.7 Å². The fourth-order valence-corrected chi connectivity index (χ4v) is 7.27. The number of aromatic nitrogens is 17. The second kappa shape index (κ2) is 67.2. The molecule has 638 valence electrons. The van der Waals surface area contributed by atoms with Crippen molar-refractivity contribution in [2.24, 2.45) is 0 Å². The van der Waals surface area contributed by atoms with Crippen LogP contribution in [0.5, 0.6) is 0 Å². The van der Waals surface area contributed by atoms with Crippen molar-refractivity contribution in [3.8, 4) is 0 Å². The number of nitrogens with two attached hydrogens (primary N) is 4. The first-order valence-electron chi connectivity index (χ1n) is 32.9. The number of anilines is 9. The van der Waals surface area contributed by atoms with E-state index in [1.54, 1.807) is 62.2 Å². The van der Waals surface area contributed by atoms with Gasteiger partial charge < -0.3 is 91.1 Å². The van der Waals surface area contributed by atoms with Gasteiger partial charge in [-0.3, -0.25) is 34.3 Å². The first-order chi connectivity index (χ1) is 51.8. The van der Waals surface area contributed by atoms with Crippen LogP contribution in [0.1, 0.15) is 116 Å². The number of hydrogen-bond acceptors (Lipinski definition) is 26. The summed E-state index contributed by atoms with van der Waals surface area (Å²) in [5, 5.41) is 14.5. The molecule has 0 bridgehead atoms.